The Kier molecular flexibility index (Phi) is 17.1. The van der Waals surface area contributed by atoms with Crippen molar-refractivity contribution in [3.05, 3.63) is 0 Å². The minimum absolute atomic E-state index is 0.258. The zero-order valence-corrected chi connectivity index (χ0v) is 15.3. The second kappa shape index (κ2) is 17.2. The lowest BCUT2D eigenvalue weighted by Gasteiger charge is -2.10. The molecule has 0 aliphatic carbocycles. The van der Waals surface area contributed by atoms with Gasteiger partial charge in [-0.3, -0.25) is 0 Å². The molecule has 0 aromatic heterocycles. The van der Waals surface area contributed by atoms with E-state index in [0.717, 1.165) is 38.4 Å². The van der Waals surface area contributed by atoms with Crippen LogP contribution in [0, 0.1) is 5.92 Å². The maximum Gasteiger partial charge on any atom is 0.0466 e. The molecule has 0 spiro atoms. The van der Waals surface area contributed by atoms with E-state index in [1.54, 1.807) is 0 Å². The number of ether oxygens (including phenoxy) is 1. The minimum Gasteiger partial charge on any atom is -0.381 e. The van der Waals surface area contributed by atoms with Crippen molar-refractivity contribution < 1.29 is 4.74 Å². The molecule has 0 aliphatic heterocycles. The topological polar surface area (TPSA) is 61.3 Å². The molecule has 0 amide bonds. The number of unbranched alkanes of at least 4 members (excludes halogenated alkanes) is 7. The zero-order valence-electron chi connectivity index (χ0n) is 15.3. The molecule has 0 radical (unpaired) electrons. The van der Waals surface area contributed by atoms with Crippen LogP contribution in [0.1, 0.15) is 90.9 Å². The van der Waals surface area contributed by atoms with Crippen molar-refractivity contribution in [2.24, 2.45) is 17.4 Å². The minimum atomic E-state index is 0.258. The Morgan fingerprint density at radius 2 is 1.23 bits per heavy atom. The van der Waals surface area contributed by atoms with Gasteiger partial charge in [-0.1, -0.05) is 65.2 Å². The summed E-state index contributed by atoms with van der Waals surface area (Å²) in [5.74, 6) is 0.872. The summed E-state index contributed by atoms with van der Waals surface area (Å²) >= 11 is 0. The maximum atomic E-state index is 5.90. The quantitative estimate of drug-likeness (QED) is 0.385. The van der Waals surface area contributed by atoms with Crippen molar-refractivity contribution in [3.8, 4) is 0 Å². The van der Waals surface area contributed by atoms with Crippen LogP contribution in [0.5, 0.6) is 0 Å². The zero-order chi connectivity index (χ0) is 16.5. The summed E-state index contributed by atoms with van der Waals surface area (Å²) in [6.45, 7) is 7.10. The Bertz CT molecular complexity index is 210. The molecule has 1 atom stereocenters. The lowest BCUT2D eigenvalue weighted by molar-refractivity contribution is 0.124. The van der Waals surface area contributed by atoms with Crippen LogP contribution in [-0.2, 0) is 4.74 Å². The third kappa shape index (κ3) is 17.9. The van der Waals surface area contributed by atoms with E-state index in [2.05, 4.69) is 13.8 Å². The predicted molar refractivity (Wildman–Crippen MR) is 98.1 cm³/mol. The molecule has 0 bridgehead atoms. The van der Waals surface area contributed by atoms with Gasteiger partial charge >= 0.3 is 0 Å². The fraction of sp³-hybridized carbons (Fsp3) is 1.00. The van der Waals surface area contributed by atoms with Crippen LogP contribution >= 0.6 is 0 Å². The average Bonchev–Trinajstić information content (AvgIpc) is 2.47. The van der Waals surface area contributed by atoms with Gasteiger partial charge in [0.2, 0.25) is 0 Å². The maximum absolute atomic E-state index is 5.90. The number of hydrogen-bond donors (Lipinski definition) is 2. The van der Waals surface area contributed by atoms with Crippen molar-refractivity contribution in [2.75, 3.05) is 19.8 Å². The van der Waals surface area contributed by atoms with Gasteiger partial charge in [0.1, 0.15) is 0 Å². The average molecular weight is 315 g/mol. The van der Waals surface area contributed by atoms with E-state index < -0.39 is 0 Å². The highest BCUT2D eigenvalue weighted by Crippen LogP contribution is 2.12. The molecule has 0 fully saturated rings. The van der Waals surface area contributed by atoms with E-state index in [-0.39, 0.29) is 6.04 Å². The summed E-state index contributed by atoms with van der Waals surface area (Å²) in [5, 5.41) is 0. The third-order valence-corrected chi connectivity index (χ3v) is 4.22. The standard InChI is InChI=1S/C19H42N2O/c1-18(2)12-9-7-5-3-4-6-8-10-16-22-17-11-13-19(21)14-15-20/h18-19H,3-17,20-21H2,1-2H3. The molecule has 134 valence electrons. The fourth-order valence-electron chi connectivity index (χ4n) is 2.73. The van der Waals surface area contributed by atoms with Gasteiger partial charge in [0.05, 0.1) is 0 Å². The molecule has 0 saturated heterocycles. The Morgan fingerprint density at radius 3 is 1.82 bits per heavy atom. The molecule has 0 rings (SSSR count). The largest absolute Gasteiger partial charge is 0.381 e. The van der Waals surface area contributed by atoms with Crippen LogP contribution in [0.15, 0.2) is 0 Å². The van der Waals surface area contributed by atoms with Crippen LogP contribution in [-0.4, -0.2) is 25.8 Å². The van der Waals surface area contributed by atoms with Gasteiger partial charge in [0.15, 0.2) is 0 Å². The van der Waals surface area contributed by atoms with E-state index in [1.807, 2.05) is 0 Å². The number of rotatable bonds is 17. The van der Waals surface area contributed by atoms with Crippen molar-refractivity contribution in [1.29, 1.82) is 0 Å². The summed E-state index contributed by atoms with van der Waals surface area (Å²) in [7, 11) is 0. The van der Waals surface area contributed by atoms with E-state index in [4.69, 9.17) is 16.2 Å². The SMILES string of the molecule is CC(C)CCCCCCCCCCOCCCC(N)CCN. The molecule has 22 heavy (non-hydrogen) atoms. The Labute approximate surface area is 139 Å². The van der Waals surface area contributed by atoms with Crippen molar-refractivity contribution in [3.63, 3.8) is 0 Å². The molecule has 1 unspecified atom stereocenters. The lowest BCUT2D eigenvalue weighted by Crippen LogP contribution is -2.23. The van der Waals surface area contributed by atoms with Gasteiger partial charge in [-0.05, 0) is 38.1 Å². The highest BCUT2D eigenvalue weighted by Gasteiger charge is 2.00. The van der Waals surface area contributed by atoms with E-state index >= 15 is 0 Å². The first kappa shape index (κ1) is 21.9. The molecule has 0 aromatic carbocycles. The predicted octanol–water partition coefficient (Wildman–Crippen LogP) is 4.63. The monoisotopic (exact) mass is 314 g/mol. The van der Waals surface area contributed by atoms with E-state index in [0.29, 0.717) is 6.54 Å². The molecule has 0 saturated carbocycles. The molecule has 4 N–H and O–H groups in total. The normalized spacial score (nSPS) is 13.0. The highest BCUT2D eigenvalue weighted by molar-refractivity contribution is 4.61. The first-order chi connectivity index (χ1) is 10.7. The van der Waals surface area contributed by atoms with Gasteiger partial charge in [-0.15, -0.1) is 0 Å². The van der Waals surface area contributed by atoms with Gasteiger partial charge in [-0.25, -0.2) is 0 Å². The second-order valence-electron chi connectivity index (χ2n) is 7.10. The van der Waals surface area contributed by atoms with Crippen molar-refractivity contribution in [2.45, 2.75) is 96.9 Å². The third-order valence-electron chi connectivity index (χ3n) is 4.22. The first-order valence-electron chi connectivity index (χ1n) is 9.70. The Balaban J connectivity index is 3.02. The lowest BCUT2D eigenvalue weighted by atomic mass is 10.0. The van der Waals surface area contributed by atoms with E-state index in [1.165, 1.54) is 57.8 Å². The number of nitrogens with two attached hydrogens (primary N) is 2. The van der Waals surface area contributed by atoms with Gasteiger partial charge < -0.3 is 16.2 Å². The van der Waals surface area contributed by atoms with Crippen LogP contribution in [0.4, 0.5) is 0 Å². The Hall–Kier alpha value is -0.120. The van der Waals surface area contributed by atoms with Gasteiger partial charge in [0, 0.05) is 19.3 Å². The van der Waals surface area contributed by atoms with E-state index in [9.17, 15) is 0 Å². The molecular formula is C19H42N2O. The molecular weight excluding hydrogens is 272 g/mol. The fourth-order valence-corrected chi connectivity index (χ4v) is 2.73. The van der Waals surface area contributed by atoms with Crippen molar-refractivity contribution in [1.82, 2.24) is 0 Å². The smallest absolute Gasteiger partial charge is 0.0466 e. The molecule has 0 aliphatic rings. The summed E-state index contributed by atoms with van der Waals surface area (Å²) in [6.07, 6.45) is 15.4. The van der Waals surface area contributed by atoms with Crippen LogP contribution in [0.3, 0.4) is 0 Å². The summed E-state index contributed by atoms with van der Waals surface area (Å²) in [6, 6.07) is 0.258. The van der Waals surface area contributed by atoms with Crippen molar-refractivity contribution >= 4 is 0 Å². The van der Waals surface area contributed by atoms with Crippen LogP contribution in [0.2, 0.25) is 0 Å². The highest BCUT2D eigenvalue weighted by atomic mass is 16.5. The molecule has 0 aromatic rings. The Morgan fingerprint density at radius 1 is 0.682 bits per heavy atom. The summed E-state index contributed by atoms with van der Waals surface area (Å²) in [5.41, 5.74) is 11.4. The van der Waals surface area contributed by atoms with Crippen LogP contribution < -0.4 is 11.5 Å². The molecule has 0 heterocycles. The molecule has 3 nitrogen and oxygen atoms in total. The second-order valence-corrected chi connectivity index (χ2v) is 7.10. The van der Waals surface area contributed by atoms with Gasteiger partial charge in [0.25, 0.3) is 0 Å². The number of hydrogen-bond acceptors (Lipinski definition) is 3. The molecule has 3 heteroatoms. The van der Waals surface area contributed by atoms with Gasteiger partial charge in [-0.2, -0.15) is 0 Å². The first-order valence-corrected chi connectivity index (χ1v) is 9.70. The summed E-state index contributed by atoms with van der Waals surface area (Å²) in [4.78, 5) is 0. The van der Waals surface area contributed by atoms with Crippen LogP contribution in [0.25, 0.3) is 0 Å². The summed E-state index contributed by atoms with van der Waals surface area (Å²) < 4.78 is 5.66.